The summed E-state index contributed by atoms with van der Waals surface area (Å²) in [4.78, 5) is 7.50. The Bertz CT molecular complexity index is 6.00. The Morgan fingerprint density at radius 1 is 1.25 bits per heavy atom. The van der Waals surface area contributed by atoms with Gasteiger partial charge in [-0.2, -0.15) is 4.91 Å². The third kappa shape index (κ3) is 43.1. The predicted octanol–water partition coefficient (Wildman–Crippen LogP) is -0.496. The largest absolute Gasteiger partial charge is 0.412 e. The third-order valence-corrected chi connectivity index (χ3v) is 0. The summed E-state index contributed by atoms with van der Waals surface area (Å²) < 4.78 is 0. The van der Waals surface area contributed by atoms with Gasteiger partial charge in [-0.05, 0) is 0 Å². The Labute approximate surface area is 39.0 Å². The zero-order chi connectivity index (χ0) is 2.00. The smallest absolute Gasteiger partial charge is 0 e. The Morgan fingerprint density at radius 2 is 1.25 bits per heavy atom. The molecule has 0 unspecified atom stereocenters. The Balaban J connectivity index is -0.00000000500. The molecule has 0 aromatic carbocycles. The molecule has 0 bridgehead atoms. The Hall–Kier alpha value is 0.300. The first-order valence-corrected chi connectivity index (χ1v) is 0.204. The van der Waals surface area contributed by atoms with E-state index >= 15 is 0 Å². The van der Waals surface area contributed by atoms with Crippen LogP contribution in [0.15, 0.2) is 0 Å². The molecule has 0 amide bonds. The zero-order valence-electron chi connectivity index (χ0n) is 1.71. The number of nitroso groups, excluding NO2 is 1. The van der Waals surface area contributed by atoms with Crippen LogP contribution in [0.2, 0.25) is 0 Å². The minimum atomic E-state index is 0. The van der Waals surface area contributed by atoms with Gasteiger partial charge < -0.3 is 5.48 Å². The first-order chi connectivity index (χ1) is 1.00. The van der Waals surface area contributed by atoms with Crippen LogP contribution >= 0.6 is 0 Å². The summed E-state index contributed by atoms with van der Waals surface area (Å²) in [5.41, 5.74) is 4.50. The van der Waals surface area contributed by atoms with Gasteiger partial charge in [-0.3, -0.25) is 0 Å². The second-order valence-electron chi connectivity index (χ2n) is 0. The fourth-order valence-corrected chi connectivity index (χ4v) is 0. The van der Waals surface area contributed by atoms with Crippen LogP contribution in [0.4, 0.5) is 0 Å². The van der Waals surface area contributed by atoms with Gasteiger partial charge in [0.2, 0.25) is 0 Å². The summed E-state index contributed by atoms with van der Waals surface area (Å²) in [5.74, 6) is 0. The van der Waals surface area contributed by atoms with Crippen molar-refractivity contribution >= 4 is 0 Å². The molecule has 0 aliphatic carbocycles. The van der Waals surface area contributed by atoms with E-state index in [-0.39, 0.29) is 27.9 Å². The van der Waals surface area contributed by atoms with Crippen LogP contribution in [0.5, 0.6) is 0 Å². The number of nitrogens with one attached hydrogen (secondary N) is 1. The quantitative estimate of drug-likeness (QED) is 0.454. The molecule has 31 valence electrons. The summed E-state index contributed by atoms with van der Waals surface area (Å²) in [6.07, 6.45) is 0. The molecule has 0 saturated heterocycles. The molecule has 0 saturated carbocycles. The van der Waals surface area contributed by atoms with Gasteiger partial charge in [0.15, 0.2) is 0 Å². The summed E-state index contributed by atoms with van der Waals surface area (Å²) in [5, 5.41) is 0. The summed E-state index contributed by atoms with van der Waals surface area (Å²) in [6, 6.07) is 0. The van der Waals surface area contributed by atoms with Crippen molar-refractivity contribution in [3.8, 4) is 0 Å². The van der Waals surface area contributed by atoms with Crippen molar-refractivity contribution in [2.75, 3.05) is 0 Å². The third-order valence-electron chi connectivity index (χ3n) is 0. The first-order valence-electron chi connectivity index (χ1n) is 0.204. The van der Waals surface area contributed by atoms with Crippen molar-refractivity contribution in [1.82, 2.24) is 0 Å². The number of rotatable bonds is 0. The van der Waals surface area contributed by atoms with Crippen LogP contribution in [-0.4, -0.2) is 5.48 Å². The molecule has 3 N–H and O–H groups in total. The molecule has 0 aliphatic heterocycles. The van der Waals surface area contributed by atoms with Crippen LogP contribution in [0.3, 0.4) is 0 Å². The van der Waals surface area contributed by atoms with E-state index in [0.29, 0.717) is 0 Å². The van der Waals surface area contributed by atoms with Crippen LogP contribution in [0.1, 0.15) is 0 Å². The maximum absolute atomic E-state index is 7.50. The van der Waals surface area contributed by atoms with E-state index in [9.17, 15) is 0 Å². The summed E-state index contributed by atoms with van der Waals surface area (Å²) in [6.45, 7) is 0. The van der Waals surface area contributed by atoms with Crippen molar-refractivity contribution in [3.63, 3.8) is 0 Å². The molecule has 3 nitrogen and oxygen atoms in total. The van der Waals surface area contributed by atoms with Gasteiger partial charge in [0.25, 0.3) is 0 Å². The van der Waals surface area contributed by atoms with E-state index in [1.807, 2.05) is 0 Å². The van der Waals surface area contributed by atoms with Crippen LogP contribution in [0.25, 0.3) is 0 Å². The van der Waals surface area contributed by atoms with Gasteiger partial charge in [0.1, 0.15) is 0 Å². The molecule has 0 rings (SSSR count). The van der Waals surface area contributed by atoms with Crippen LogP contribution < -0.4 is 0 Å². The normalized spacial score (nSPS) is 1.00. The van der Waals surface area contributed by atoms with Gasteiger partial charge in [0.05, 0.1) is 0 Å². The van der Waals surface area contributed by atoms with E-state index in [4.69, 9.17) is 4.91 Å². The van der Waals surface area contributed by atoms with Gasteiger partial charge in [0, 0.05) is 22.4 Å². The molecule has 0 heterocycles. The van der Waals surface area contributed by atoms with Crippen molar-refractivity contribution in [2.24, 2.45) is 0 Å². The molecule has 0 atom stereocenters. The fraction of sp³-hybridized carbons (Fsp3) is 0. The number of hydrogen-bond donors (Lipinski definition) is 1. The van der Waals surface area contributed by atoms with E-state index < -0.39 is 0 Å². The van der Waals surface area contributed by atoms with E-state index in [1.54, 1.807) is 0 Å². The monoisotopic (exact) mass is 246 g/mol. The van der Waals surface area contributed by atoms with Crippen LogP contribution in [0, 0.1) is 10.5 Å². The molecular formula is H3AuNO2. The molecule has 0 fully saturated rings. The van der Waals surface area contributed by atoms with E-state index in [1.165, 1.54) is 0 Å². The van der Waals surface area contributed by atoms with Crippen molar-refractivity contribution in [2.45, 2.75) is 0 Å². The molecule has 1 radical (unpaired) electrons. The molecule has 0 aromatic heterocycles. The van der Waals surface area contributed by atoms with Crippen molar-refractivity contribution in [3.05, 3.63) is 4.91 Å². The minimum absolute atomic E-state index is 0. The van der Waals surface area contributed by atoms with Gasteiger partial charge >= 0.3 is 0 Å². The topological polar surface area (TPSA) is 72.4 Å². The summed E-state index contributed by atoms with van der Waals surface area (Å²) >= 11 is 0. The van der Waals surface area contributed by atoms with Crippen LogP contribution in [-0.2, 0) is 22.4 Å². The van der Waals surface area contributed by atoms with Crippen molar-refractivity contribution in [1.29, 1.82) is 5.59 Å². The maximum Gasteiger partial charge on any atom is 0 e. The standard InChI is InChI=1S/Au.HNO.H2O/c;1-2;/h;1H;1H2. The van der Waals surface area contributed by atoms with E-state index in [2.05, 4.69) is 5.59 Å². The average molecular weight is 246 g/mol. The van der Waals surface area contributed by atoms with Gasteiger partial charge in [-0.25, -0.2) is 0 Å². The Morgan fingerprint density at radius 3 is 1.25 bits per heavy atom. The van der Waals surface area contributed by atoms with Crippen molar-refractivity contribution < 1.29 is 27.9 Å². The molecule has 0 aliphatic rings. The molecular weight excluding hydrogens is 243 g/mol. The van der Waals surface area contributed by atoms with Gasteiger partial charge in [-0.15, -0.1) is 0 Å². The molecule has 4 heteroatoms. The molecule has 4 heavy (non-hydrogen) atoms. The second kappa shape index (κ2) is 194. The SMILES string of the molecule is N=O.O.[Au]. The number of hydrogen-bond acceptors (Lipinski definition) is 2. The molecule has 0 aromatic rings. The fourth-order valence-electron chi connectivity index (χ4n) is 0. The first kappa shape index (κ1) is 27.7. The minimum Gasteiger partial charge on any atom is -0.412 e. The zero-order valence-corrected chi connectivity index (χ0v) is 3.88. The average Bonchev–Trinajstić information content (AvgIpc) is 1.00. The molecule has 0 spiro atoms. The van der Waals surface area contributed by atoms with E-state index in [0.717, 1.165) is 0 Å². The van der Waals surface area contributed by atoms with Gasteiger partial charge in [-0.1, -0.05) is 5.59 Å². The Kier molecular flexibility index (Phi) is 1340. The summed E-state index contributed by atoms with van der Waals surface area (Å²) in [7, 11) is 0. The predicted molar refractivity (Wildman–Crippen MR) is 9.70 cm³/mol. The maximum atomic E-state index is 7.50. The second-order valence-corrected chi connectivity index (χ2v) is 0.